The van der Waals surface area contributed by atoms with Gasteiger partial charge in [-0.25, -0.2) is 4.79 Å². The number of unbranched alkanes of at least 4 members (excludes halogenated alkanes) is 1. The molecule has 0 aliphatic carbocycles. The molecule has 1 aliphatic heterocycles. The van der Waals surface area contributed by atoms with Crippen molar-refractivity contribution in [3.05, 3.63) is 65.7 Å². The van der Waals surface area contributed by atoms with Gasteiger partial charge in [-0.15, -0.1) is 0 Å². The van der Waals surface area contributed by atoms with Gasteiger partial charge in [0.1, 0.15) is 54.1 Å². The van der Waals surface area contributed by atoms with Crippen molar-refractivity contribution in [2.24, 2.45) is 41.1 Å². The first-order valence-corrected chi connectivity index (χ1v) is 28.3. The Balaban J connectivity index is 1.86. The zero-order valence-corrected chi connectivity index (χ0v) is 48.1. The van der Waals surface area contributed by atoms with Gasteiger partial charge < -0.3 is 63.8 Å². The Bertz CT molecular complexity index is 2320. The average Bonchev–Trinajstić information content (AvgIpc) is 3.94. The molecule has 0 aromatic heterocycles. The summed E-state index contributed by atoms with van der Waals surface area (Å²) in [5.41, 5.74) is 13.6. The number of nitrogens with one attached hydrogen (secondary N) is 7. The second-order valence-electron chi connectivity index (χ2n) is 22.1. The van der Waals surface area contributed by atoms with Gasteiger partial charge in [-0.05, 0) is 104 Å². The fourth-order valence-corrected chi connectivity index (χ4v) is 9.40. The van der Waals surface area contributed by atoms with E-state index in [0.29, 0.717) is 50.6 Å². The maximum absolute atomic E-state index is 14.8. The number of nitrogens with two attached hydrogens (primary N) is 2. The predicted molar refractivity (Wildman–Crippen MR) is 301 cm³/mol. The Hall–Kier alpha value is -6.61. The molecule has 8 amide bonds. The molecule has 12 atom stereocenters. The van der Waals surface area contributed by atoms with Crippen molar-refractivity contribution in [1.29, 1.82) is 0 Å². The van der Waals surface area contributed by atoms with E-state index in [0.717, 1.165) is 5.56 Å². The molecule has 440 valence electrons. The summed E-state index contributed by atoms with van der Waals surface area (Å²) < 4.78 is 0. The summed E-state index contributed by atoms with van der Waals surface area (Å²) in [6, 6.07) is 5.11. The molecule has 0 bridgehead atoms. The van der Waals surface area contributed by atoms with Crippen molar-refractivity contribution < 1.29 is 53.4 Å². The Morgan fingerprint density at radius 2 is 1.09 bits per heavy atom. The van der Waals surface area contributed by atoms with Crippen LogP contribution < -0.4 is 48.7 Å². The molecule has 0 saturated carbocycles. The van der Waals surface area contributed by atoms with E-state index in [4.69, 9.17) is 11.5 Å². The molecule has 21 heteroatoms. The standard InChI is InChI=1S/C58H92N10O11/c1-11-35(8)47(56(76)63-43(30-33(4)5)53(73)64-46(34(6)7)55(75)67-49(58(78)79)37(10)13-3)65-54(74)45-23-19-29-68(45)57(77)48(36(9)12-2)66-51(71)42(22-17-18-28-59)61-52(72)44(32-39-24-26-40(69)27-25-39)62-50(70)41(60)31-38-20-15-14-16-21-38/h14-16,20-21,24-27,33-37,41-49,69H,11-13,17-19,22-23,28-32,59-60H2,1-10H3,(H,61,72)(H,62,70)(H,63,76)(H,64,73)(H,65,74)(H,66,71)(H,67,75)(H,78,79)/t35-,36-,37-,41-,42-,43-,44-,45-,46-,47-,48-,49-/m0/s1. The van der Waals surface area contributed by atoms with Crippen LogP contribution in [0.3, 0.4) is 0 Å². The Labute approximate surface area is 467 Å². The van der Waals surface area contributed by atoms with Crippen LogP contribution >= 0.6 is 0 Å². The van der Waals surface area contributed by atoms with Gasteiger partial charge in [-0.1, -0.05) is 131 Å². The summed E-state index contributed by atoms with van der Waals surface area (Å²) in [5, 5.41) is 39.3. The maximum Gasteiger partial charge on any atom is 0.326 e. The number of aromatic hydroxyl groups is 1. The van der Waals surface area contributed by atoms with Crippen molar-refractivity contribution in [1.82, 2.24) is 42.1 Å². The van der Waals surface area contributed by atoms with Gasteiger partial charge in [0.25, 0.3) is 0 Å². The average molecular weight is 1110 g/mol. The van der Waals surface area contributed by atoms with Crippen molar-refractivity contribution in [2.45, 2.75) is 194 Å². The molecule has 3 rings (SSSR count). The van der Waals surface area contributed by atoms with E-state index >= 15 is 0 Å². The van der Waals surface area contributed by atoms with Gasteiger partial charge in [0.15, 0.2) is 0 Å². The number of aliphatic carboxylic acids is 1. The number of carbonyl (C=O) groups is 9. The number of rotatable bonds is 33. The summed E-state index contributed by atoms with van der Waals surface area (Å²) in [7, 11) is 0. The number of carbonyl (C=O) groups excluding carboxylic acids is 8. The number of likely N-dealkylation sites (tertiary alicyclic amines) is 1. The summed E-state index contributed by atoms with van der Waals surface area (Å²) in [6.07, 6.45) is 3.52. The quantitative estimate of drug-likeness (QED) is 0.0459. The molecular weight excluding hydrogens is 1010 g/mol. The third-order valence-electron chi connectivity index (χ3n) is 15.0. The topological polar surface area (TPSA) is 334 Å². The van der Waals surface area contributed by atoms with Gasteiger partial charge in [0.2, 0.25) is 47.3 Å². The van der Waals surface area contributed by atoms with Crippen molar-refractivity contribution in [3.63, 3.8) is 0 Å². The number of hydrogen-bond donors (Lipinski definition) is 11. The van der Waals surface area contributed by atoms with E-state index < -0.39 is 125 Å². The highest BCUT2D eigenvalue weighted by Gasteiger charge is 2.42. The zero-order valence-electron chi connectivity index (χ0n) is 48.1. The van der Waals surface area contributed by atoms with E-state index in [9.17, 15) is 53.4 Å². The Kier molecular flexibility index (Phi) is 27.9. The van der Waals surface area contributed by atoms with Crippen LogP contribution in [0.5, 0.6) is 5.75 Å². The Morgan fingerprint density at radius 1 is 0.582 bits per heavy atom. The molecule has 1 aliphatic rings. The summed E-state index contributed by atoms with van der Waals surface area (Å²) >= 11 is 0. The molecule has 21 nitrogen and oxygen atoms in total. The fraction of sp³-hybridized carbons (Fsp3) is 0.638. The van der Waals surface area contributed by atoms with Gasteiger partial charge in [0.05, 0.1) is 6.04 Å². The highest BCUT2D eigenvalue weighted by Crippen LogP contribution is 2.23. The SMILES string of the molecule is CC[C@H](C)[C@H](NC(=O)[C@@H](NC(=O)[C@H](CC(C)C)NC(=O)[C@@H](NC(=O)[C@@H]1CCCN1C(=O)[C@@H](NC(=O)[C@H](CCCCN)NC(=O)[C@H](Cc1ccc(O)cc1)NC(=O)[C@@H](N)Cc1ccccc1)[C@@H](C)CC)[C@@H](C)CC)C(C)C)C(=O)O. The lowest BCUT2D eigenvalue weighted by molar-refractivity contribution is -0.144. The van der Waals surface area contributed by atoms with Crippen LogP contribution in [-0.4, -0.2) is 136 Å². The first kappa shape index (κ1) is 66.7. The van der Waals surface area contributed by atoms with Crippen molar-refractivity contribution >= 4 is 53.2 Å². The van der Waals surface area contributed by atoms with Crippen LogP contribution in [0.2, 0.25) is 0 Å². The summed E-state index contributed by atoms with van der Waals surface area (Å²) in [5.74, 6) is -8.10. The maximum atomic E-state index is 14.8. The molecule has 2 aromatic rings. The lowest BCUT2D eigenvalue weighted by atomic mass is 9.95. The van der Waals surface area contributed by atoms with E-state index in [1.807, 2.05) is 65.0 Å². The normalized spacial score (nSPS) is 17.5. The lowest BCUT2D eigenvalue weighted by Crippen LogP contribution is -2.62. The zero-order chi connectivity index (χ0) is 59.1. The minimum Gasteiger partial charge on any atom is -0.508 e. The van der Waals surface area contributed by atoms with Crippen LogP contribution in [0.25, 0.3) is 0 Å². The number of hydrogen-bond acceptors (Lipinski definition) is 12. The van der Waals surface area contributed by atoms with Crippen LogP contribution in [-0.2, 0) is 56.0 Å². The third kappa shape index (κ3) is 20.9. The first-order valence-electron chi connectivity index (χ1n) is 28.3. The highest BCUT2D eigenvalue weighted by molar-refractivity contribution is 5.98. The number of phenols is 1. The smallest absolute Gasteiger partial charge is 0.326 e. The van der Waals surface area contributed by atoms with E-state index in [-0.39, 0.29) is 56.2 Å². The van der Waals surface area contributed by atoms with Crippen LogP contribution in [0, 0.1) is 29.6 Å². The molecule has 1 fully saturated rings. The van der Waals surface area contributed by atoms with Crippen LogP contribution in [0.1, 0.15) is 138 Å². The molecule has 79 heavy (non-hydrogen) atoms. The second kappa shape index (κ2) is 33.1. The number of amides is 8. The monoisotopic (exact) mass is 1100 g/mol. The van der Waals surface area contributed by atoms with Crippen molar-refractivity contribution in [2.75, 3.05) is 13.1 Å². The summed E-state index contributed by atoms with van der Waals surface area (Å²) in [6.45, 7) is 18.4. The summed E-state index contributed by atoms with van der Waals surface area (Å²) in [4.78, 5) is 127. The second-order valence-corrected chi connectivity index (χ2v) is 22.1. The third-order valence-corrected chi connectivity index (χ3v) is 15.0. The Morgan fingerprint density at radius 3 is 1.66 bits per heavy atom. The number of benzene rings is 2. The number of carboxylic acid groups (broad SMARTS) is 1. The van der Waals surface area contributed by atoms with Gasteiger partial charge in [-0.2, -0.15) is 0 Å². The minimum atomic E-state index is -1.20. The molecule has 2 aromatic carbocycles. The van der Waals surface area contributed by atoms with Gasteiger partial charge in [0, 0.05) is 13.0 Å². The van der Waals surface area contributed by atoms with Crippen LogP contribution in [0.4, 0.5) is 0 Å². The van der Waals surface area contributed by atoms with Gasteiger partial charge in [-0.3, -0.25) is 38.4 Å². The largest absolute Gasteiger partial charge is 0.508 e. The fourth-order valence-electron chi connectivity index (χ4n) is 9.40. The molecule has 0 radical (unpaired) electrons. The molecule has 0 spiro atoms. The first-order chi connectivity index (χ1) is 37.4. The number of nitrogens with zero attached hydrogens (tertiary/aromatic N) is 1. The predicted octanol–water partition coefficient (Wildman–Crippen LogP) is 2.94. The molecule has 0 unspecified atom stereocenters. The highest BCUT2D eigenvalue weighted by atomic mass is 16.4. The van der Waals surface area contributed by atoms with E-state index in [1.54, 1.807) is 46.8 Å². The van der Waals surface area contributed by atoms with Crippen molar-refractivity contribution in [3.8, 4) is 5.75 Å². The molecule has 13 N–H and O–H groups in total. The number of carboxylic acids is 1. The lowest BCUT2D eigenvalue weighted by Gasteiger charge is -2.34. The molecule has 1 heterocycles. The minimum absolute atomic E-state index is 0.00725. The van der Waals surface area contributed by atoms with Gasteiger partial charge >= 0.3 is 5.97 Å². The van der Waals surface area contributed by atoms with Crippen LogP contribution in [0.15, 0.2) is 54.6 Å². The van der Waals surface area contributed by atoms with E-state index in [2.05, 4.69) is 37.2 Å². The van der Waals surface area contributed by atoms with E-state index in [1.165, 1.54) is 17.0 Å². The number of phenolic OH excluding ortho intramolecular Hbond substituents is 1. The molecular formula is C58H92N10O11. The molecule has 1 saturated heterocycles.